The van der Waals surface area contributed by atoms with Crippen LogP contribution in [0.4, 0.5) is 10.1 Å². The molecule has 0 atom stereocenters. The topological polar surface area (TPSA) is 42.7 Å². The molecule has 0 saturated carbocycles. The lowest BCUT2D eigenvalue weighted by Gasteiger charge is -2.15. The second-order valence-corrected chi connectivity index (χ2v) is 5.93. The van der Waals surface area contributed by atoms with Crippen LogP contribution in [0.25, 0.3) is 0 Å². The predicted octanol–water partition coefficient (Wildman–Crippen LogP) is 3.44. The molecule has 0 aliphatic carbocycles. The van der Waals surface area contributed by atoms with Crippen molar-refractivity contribution < 1.29 is 4.39 Å². The normalized spacial score (nSPS) is 14.2. The number of hydrogen-bond acceptors (Lipinski definition) is 3. The van der Waals surface area contributed by atoms with Crippen molar-refractivity contribution in [1.82, 2.24) is 14.8 Å². The fourth-order valence-electron chi connectivity index (χ4n) is 2.51. The van der Waals surface area contributed by atoms with Crippen molar-refractivity contribution in [2.75, 3.05) is 5.32 Å². The highest BCUT2D eigenvalue weighted by molar-refractivity contribution is 9.10. The Balaban J connectivity index is 1.77. The Morgan fingerprint density at radius 1 is 1.35 bits per heavy atom. The van der Waals surface area contributed by atoms with Crippen LogP contribution in [-0.4, -0.2) is 14.8 Å². The number of fused-ring (bicyclic) bond motifs is 1. The molecule has 0 bridgehead atoms. The molecule has 20 heavy (non-hydrogen) atoms. The third kappa shape index (κ3) is 2.57. The maximum Gasteiger partial charge on any atom is 0.152 e. The number of benzene rings is 1. The molecule has 4 nitrogen and oxygen atoms in total. The van der Waals surface area contributed by atoms with Crippen molar-refractivity contribution >= 4 is 21.6 Å². The molecule has 0 saturated heterocycles. The minimum absolute atomic E-state index is 0.263. The standard InChI is InChI=1S/C14H16BrFN4/c1-9-6-10(15)11(16)7-12(9)17-8-14-19-18-13-4-2-3-5-20(13)14/h6-7,17H,2-5,8H2,1H3. The maximum atomic E-state index is 13.6. The number of nitrogens with zero attached hydrogens (tertiary/aromatic N) is 3. The monoisotopic (exact) mass is 338 g/mol. The summed E-state index contributed by atoms with van der Waals surface area (Å²) in [5.74, 6) is 1.72. The molecule has 0 amide bonds. The molecule has 1 aliphatic rings. The smallest absolute Gasteiger partial charge is 0.152 e. The van der Waals surface area contributed by atoms with Crippen LogP contribution in [0.3, 0.4) is 0 Å². The number of hydrogen-bond donors (Lipinski definition) is 1. The van der Waals surface area contributed by atoms with E-state index >= 15 is 0 Å². The lowest BCUT2D eigenvalue weighted by atomic mass is 10.1. The summed E-state index contributed by atoms with van der Waals surface area (Å²) in [4.78, 5) is 0. The van der Waals surface area contributed by atoms with E-state index in [1.54, 1.807) is 6.07 Å². The number of aryl methyl sites for hydroxylation is 2. The number of aromatic nitrogens is 3. The Morgan fingerprint density at radius 3 is 3.05 bits per heavy atom. The Hall–Kier alpha value is -1.43. The third-order valence-corrected chi connectivity index (χ3v) is 4.25. The summed E-state index contributed by atoms with van der Waals surface area (Å²) in [6, 6.07) is 3.28. The van der Waals surface area contributed by atoms with Crippen LogP contribution in [0.1, 0.15) is 30.1 Å². The van der Waals surface area contributed by atoms with Crippen LogP contribution in [0.5, 0.6) is 0 Å². The quantitative estimate of drug-likeness (QED) is 0.932. The molecular formula is C14H16BrFN4. The van der Waals surface area contributed by atoms with Gasteiger partial charge in [-0.15, -0.1) is 10.2 Å². The zero-order valence-electron chi connectivity index (χ0n) is 11.3. The number of halogens is 2. The van der Waals surface area contributed by atoms with E-state index < -0.39 is 0 Å². The van der Waals surface area contributed by atoms with E-state index in [9.17, 15) is 4.39 Å². The van der Waals surface area contributed by atoms with Crippen LogP contribution in [-0.2, 0) is 19.5 Å². The minimum Gasteiger partial charge on any atom is -0.377 e. The molecule has 1 aromatic heterocycles. The Bertz CT molecular complexity index is 638. The van der Waals surface area contributed by atoms with Crippen molar-refractivity contribution in [3.8, 4) is 0 Å². The Labute approximate surface area is 125 Å². The molecule has 0 unspecified atom stereocenters. The summed E-state index contributed by atoms with van der Waals surface area (Å²) < 4.78 is 16.2. The van der Waals surface area contributed by atoms with E-state index in [0.717, 1.165) is 35.9 Å². The van der Waals surface area contributed by atoms with Crippen LogP contribution >= 0.6 is 15.9 Å². The number of nitrogens with one attached hydrogen (secondary N) is 1. The molecule has 0 spiro atoms. The minimum atomic E-state index is -0.263. The zero-order valence-corrected chi connectivity index (χ0v) is 12.9. The van der Waals surface area contributed by atoms with Crippen molar-refractivity contribution in [3.63, 3.8) is 0 Å². The van der Waals surface area contributed by atoms with E-state index in [-0.39, 0.29) is 5.82 Å². The molecule has 106 valence electrons. The molecule has 6 heteroatoms. The molecule has 1 N–H and O–H groups in total. The second-order valence-electron chi connectivity index (χ2n) is 5.08. The van der Waals surface area contributed by atoms with Crippen LogP contribution in [0.2, 0.25) is 0 Å². The highest BCUT2D eigenvalue weighted by Gasteiger charge is 2.15. The van der Waals surface area contributed by atoms with Crippen LogP contribution in [0, 0.1) is 12.7 Å². The summed E-state index contributed by atoms with van der Waals surface area (Å²) in [6.07, 6.45) is 3.35. The molecule has 0 radical (unpaired) electrons. The Morgan fingerprint density at radius 2 is 2.20 bits per heavy atom. The summed E-state index contributed by atoms with van der Waals surface area (Å²) in [7, 11) is 0. The van der Waals surface area contributed by atoms with Gasteiger partial charge in [0, 0.05) is 18.7 Å². The summed E-state index contributed by atoms with van der Waals surface area (Å²) >= 11 is 3.19. The first-order chi connectivity index (χ1) is 9.65. The highest BCUT2D eigenvalue weighted by atomic mass is 79.9. The first-order valence-electron chi connectivity index (χ1n) is 6.75. The summed E-state index contributed by atoms with van der Waals surface area (Å²) in [5, 5.41) is 11.7. The van der Waals surface area contributed by atoms with Crippen molar-refractivity contribution in [2.24, 2.45) is 0 Å². The largest absolute Gasteiger partial charge is 0.377 e. The van der Waals surface area contributed by atoms with Crippen LogP contribution in [0.15, 0.2) is 16.6 Å². The van der Waals surface area contributed by atoms with Crippen LogP contribution < -0.4 is 5.32 Å². The van der Waals surface area contributed by atoms with Gasteiger partial charge in [-0.1, -0.05) is 0 Å². The predicted molar refractivity (Wildman–Crippen MR) is 79.1 cm³/mol. The van der Waals surface area contributed by atoms with Gasteiger partial charge < -0.3 is 9.88 Å². The SMILES string of the molecule is Cc1cc(Br)c(F)cc1NCc1nnc2n1CCCC2. The molecule has 1 aromatic carbocycles. The van der Waals surface area contributed by atoms with E-state index in [0.29, 0.717) is 11.0 Å². The average Bonchev–Trinajstić information content (AvgIpc) is 2.85. The van der Waals surface area contributed by atoms with Gasteiger partial charge in [0.05, 0.1) is 11.0 Å². The first-order valence-corrected chi connectivity index (χ1v) is 7.55. The number of anilines is 1. The van der Waals surface area contributed by atoms with Crippen molar-refractivity contribution in [3.05, 3.63) is 39.6 Å². The van der Waals surface area contributed by atoms with E-state index in [2.05, 4.69) is 36.0 Å². The fourth-order valence-corrected chi connectivity index (χ4v) is 2.97. The molecule has 0 fully saturated rings. The zero-order chi connectivity index (χ0) is 14.1. The van der Waals surface area contributed by atoms with Gasteiger partial charge in [0.2, 0.25) is 0 Å². The Kier molecular flexibility index (Phi) is 3.74. The summed E-state index contributed by atoms with van der Waals surface area (Å²) in [6.45, 7) is 3.49. The van der Waals surface area contributed by atoms with Crippen molar-refractivity contribution in [1.29, 1.82) is 0 Å². The molecule has 1 aliphatic heterocycles. The first kappa shape index (κ1) is 13.5. The lowest BCUT2D eigenvalue weighted by Crippen LogP contribution is -2.15. The van der Waals surface area contributed by atoms with Gasteiger partial charge in [0.1, 0.15) is 11.6 Å². The third-order valence-electron chi connectivity index (χ3n) is 3.64. The molecule has 3 rings (SSSR count). The van der Waals surface area contributed by atoms with Gasteiger partial charge >= 0.3 is 0 Å². The highest BCUT2D eigenvalue weighted by Crippen LogP contribution is 2.24. The molecule has 2 heterocycles. The van der Waals surface area contributed by atoms with E-state index in [1.807, 2.05) is 6.92 Å². The van der Waals surface area contributed by atoms with E-state index in [1.165, 1.54) is 18.9 Å². The van der Waals surface area contributed by atoms with Gasteiger partial charge in [-0.25, -0.2) is 4.39 Å². The van der Waals surface area contributed by atoms with Gasteiger partial charge in [-0.2, -0.15) is 0 Å². The average molecular weight is 339 g/mol. The van der Waals surface area contributed by atoms with Crippen molar-refractivity contribution in [2.45, 2.75) is 39.3 Å². The maximum absolute atomic E-state index is 13.6. The second kappa shape index (κ2) is 5.52. The summed E-state index contributed by atoms with van der Waals surface area (Å²) in [5.41, 5.74) is 1.79. The van der Waals surface area contributed by atoms with Gasteiger partial charge in [-0.05, 0) is 53.4 Å². The van der Waals surface area contributed by atoms with Gasteiger partial charge in [0.15, 0.2) is 5.82 Å². The fraction of sp³-hybridized carbons (Fsp3) is 0.429. The molecular weight excluding hydrogens is 323 g/mol. The number of rotatable bonds is 3. The lowest BCUT2D eigenvalue weighted by molar-refractivity contribution is 0.509. The van der Waals surface area contributed by atoms with E-state index in [4.69, 9.17) is 0 Å². The van der Waals surface area contributed by atoms with Gasteiger partial charge in [-0.3, -0.25) is 0 Å². The molecule has 2 aromatic rings. The van der Waals surface area contributed by atoms with Gasteiger partial charge in [0.25, 0.3) is 0 Å².